The van der Waals surface area contributed by atoms with Crippen LogP contribution in [-0.4, -0.2) is 16.1 Å². The zero-order valence-corrected chi connectivity index (χ0v) is 10.8. The molecule has 0 saturated carbocycles. The van der Waals surface area contributed by atoms with Crippen molar-refractivity contribution in [1.29, 1.82) is 5.26 Å². The Labute approximate surface area is 116 Å². The summed E-state index contributed by atoms with van der Waals surface area (Å²) in [5.41, 5.74) is 2.15. The van der Waals surface area contributed by atoms with Crippen LogP contribution in [-0.2, 0) is 6.61 Å². The van der Waals surface area contributed by atoms with Crippen molar-refractivity contribution in [3.8, 4) is 11.8 Å². The molecular weight excluding hydrogens is 256 g/mol. The highest BCUT2D eigenvalue weighted by atomic mass is 16.5. The summed E-state index contributed by atoms with van der Waals surface area (Å²) in [6.07, 6.45) is 1.55. The molecule has 0 aliphatic rings. The standard InChI is InChI=1S/C15H12N2O3/c1-10-6-12(15(18)19)2-3-14(10)20-9-11-4-5-17-13(7-11)8-16/h2-7H,9H2,1H3,(H,18,19). The Morgan fingerprint density at radius 1 is 1.40 bits per heavy atom. The van der Waals surface area contributed by atoms with Gasteiger partial charge in [0, 0.05) is 6.20 Å². The maximum absolute atomic E-state index is 10.8. The minimum Gasteiger partial charge on any atom is -0.489 e. The Hall–Kier alpha value is -2.87. The second-order valence-electron chi connectivity index (χ2n) is 4.24. The summed E-state index contributed by atoms with van der Waals surface area (Å²) in [7, 11) is 0. The Balaban J connectivity index is 2.11. The van der Waals surface area contributed by atoms with Crippen molar-refractivity contribution in [1.82, 2.24) is 4.98 Å². The smallest absolute Gasteiger partial charge is 0.335 e. The average molecular weight is 268 g/mol. The zero-order chi connectivity index (χ0) is 14.5. The molecule has 1 N–H and O–H groups in total. The number of aromatic carboxylic acids is 1. The number of carboxylic acid groups (broad SMARTS) is 1. The van der Waals surface area contributed by atoms with Gasteiger partial charge in [0.1, 0.15) is 24.1 Å². The highest BCUT2D eigenvalue weighted by Crippen LogP contribution is 2.20. The summed E-state index contributed by atoms with van der Waals surface area (Å²) in [6.45, 7) is 2.08. The van der Waals surface area contributed by atoms with Gasteiger partial charge < -0.3 is 9.84 Å². The average Bonchev–Trinajstić information content (AvgIpc) is 2.46. The number of nitrogens with zero attached hydrogens (tertiary/aromatic N) is 2. The minimum atomic E-state index is -0.965. The van der Waals surface area contributed by atoms with Gasteiger partial charge in [0.25, 0.3) is 0 Å². The molecule has 100 valence electrons. The van der Waals surface area contributed by atoms with E-state index in [9.17, 15) is 4.79 Å². The Morgan fingerprint density at radius 3 is 2.85 bits per heavy atom. The minimum absolute atomic E-state index is 0.227. The van der Waals surface area contributed by atoms with Gasteiger partial charge >= 0.3 is 5.97 Å². The van der Waals surface area contributed by atoms with Crippen molar-refractivity contribution >= 4 is 5.97 Å². The van der Waals surface area contributed by atoms with Crippen LogP contribution in [0.5, 0.6) is 5.75 Å². The van der Waals surface area contributed by atoms with E-state index in [1.807, 2.05) is 6.07 Å². The van der Waals surface area contributed by atoms with E-state index in [0.717, 1.165) is 11.1 Å². The second kappa shape index (κ2) is 5.85. The van der Waals surface area contributed by atoms with E-state index in [4.69, 9.17) is 15.1 Å². The summed E-state index contributed by atoms with van der Waals surface area (Å²) in [6, 6.07) is 10.1. The first-order valence-electron chi connectivity index (χ1n) is 5.92. The third-order valence-corrected chi connectivity index (χ3v) is 2.76. The van der Waals surface area contributed by atoms with E-state index in [1.54, 1.807) is 37.4 Å². The van der Waals surface area contributed by atoms with Gasteiger partial charge in [0.05, 0.1) is 5.56 Å². The Kier molecular flexibility index (Phi) is 3.96. The molecule has 0 amide bonds. The molecule has 0 spiro atoms. The lowest BCUT2D eigenvalue weighted by atomic mass is 10.1. The topological polar surface area (TPSA) is 83.2 Å². The van der Waals surface area contributed by atoms with Crippen LogP contribution in [0.25, 0.3) is 0 Å². The van der Waals surface area contributed by atoms with Crippen LogP contribution in [0.15, 0.2) is 36.5 Å². The number of benzene rings is 1. The van der Waals surface area contributed by atoms with Crippen LogP contribution in [0.4, 0.5) is 0 Å². The molecule has 1 aromatic carbocycles. The molecule has 0 aliphatic heterocycles. The molecular formula is C15H12N2O3. The molecule has 0 radical (unpaired) electrons. The number of aryl methyl sites for hydroxylation is 1. The van der Waals surface area contributed by atoms with E-state index < -0.39 is 5.97 Å². The largest absolute Gasteiger partial charge is 0.489 e. The number of pyridine rings is 1. The number of carbonyl (C=O) groups is 1. The SMILES string of the molecule is Cc1cc(C(=O)O)ccc1OCc1ccnc(C#N)c1. The molecule has 20 heavy (non-hydrogen) atoms. The van der Waals surface area contributed by atoms with E-state index >= 15 is 0 Å². The summed E-state index contributed by atoms with van der Waals surface area (Å²) in [5, 5.41) is 17.7. The van der Waals surface area contributed by atoms with Crippen LogP contribution in [0.2, 0.25) is 0 Å². The number of nitriles is 1. The molecule has 0 aliphatic carbocycles. The first kappa shape index (κ1) is 13.6. The summed E-state index contributed by atoms with van der Waals surface area (Å²) >= 11 is 0. The molecule has 2 rings (SSSR count). The fraction of sp³-hybridized carbons (Fsp3) is 0.133. The van der Waals surface area contributed by atoms with E-state index in [2.05, 4.69) is 4.98 Å². The molecule has 5 heteroatoms. The van der Waals surface area contributed by atoms with Gasteiger partial charge in [-0.1, -0.05) is 0 Å². The predicted molar refractivity (Wildman–Crippen MR) is 71.4 cm³/mol. The quantitative estimate of drug-likeness (QED) is 0.921. The molecule has 0 bridgehead atoms. The van der Waals surface area contributed by atoms with Gasteiger partial charge in [-0.25, -0.2) is 9.78 Å². The van der Waals surface area contributed by atoms with Crippen molar-refractivity contribution in [3.63, 3.8) is 0 Å². The lowest BCUT2D eigenvalue weighted by molar-refractivity contribution is 0.0696. The second-order valence-corrected chi connectivity index (χ2v) is 4.24. The van der Waals surface area contributed by atoms with Gasteiger partial charge in [0.15, 0.2) is 0 Å². The summed E-state index contributed by atoms with van der Waals surface area (Å²) in [4.78, 5) is 14.7. The first-order valence-corrected chi connectivity index (χ1v) is 5.92. The van der Waals surface area contributed by atoms with Gasteiger partial charge in [-0.15, -0.1) is 0 Å². The number of carboxylic acids is 1. The number of hydrogen-bond donors (Lipinski definition) is 1. The summed E-state index contributed by atoms with van der Waals surface area (Å²) in [5.74, 6) is -0.349. The van der Waals surface area contributed by atoms with Crippen molar-refractivity contribution in [2.45, 2.75) is 13.5 Å². The van der Waals surface area contributed by atoms with Gasteiger partial charge in [-0.05, 0) is 48.4 Å². The van der Waals surface area contributed by atoms with Crippen molar-refractivity contribution in [3.05, 3.63) is 58.9 Å². The van der Waals surface area contributed by atoms with Crippen LogP contribution in [0.1, 0.15) is 27.2 Å². The molecule has 1 aromatic heterocycles. The van der Waals surface area contributed by atoms with Crippen LogP contribution >= 0.6 is 0 Å². The molecule has 0 atom stereocenters. The highest BCUT2D eigenvalue weighted by Gasteiger charge is 2.07. The lowest BCUT2D eigenvalue weighted by Crippen LogP contribution is -2.01. The number of ether oxygens (including phenoxy) is 1. The molecule has 5 nitrogen and oxygen atoms in total. The third-order valence-electron chi connectivity index (χ3n) is 2.76. The third kappa shape index (κ3) is 3.12. The number of rotatable bonds is 4. The highest BCUT2D eigenvalue weighted by molar-refractivity contribution is 5.88. The predicted octanol–water partition coefficient (Wildman–Crippen LogP) is 2.54. The molecule has 1 heterocycles. The normalized spacial score (nSPS) is 9.80. The molecule has 2 aromatic rings. The molecule has 0 fully saturated rings. The fourth-order valence-electron chi connectivity index (χ4n) is 1.73. The van der Waals surface area contributed by atoms with Crippen molar-refractivity contribution < 1.29 is 14.6 Å². The fourth-order valence-corrected chi connectivity index (χ4v) is 1.73. The van der Waals surface area contributed by atoms with Crippen molar-refractivity contribution in [2.75, 3.05) is 0 Å². The van der Waals surface area contributed by atoms with Crippen molar-refractivity contribution in [2.24, 2.45) is 0 Å². The van der Waals surface area contributed by atoms with E-state index in [-0.39, 0.29) is 5.56 Å². The molecule has 0 saturated heterocycles. The van der Waals surface area contributed by atoms with Gasteiger partial charge in [-0.3, -0.25) is 0 Å². The first-order chi connectivity index (χ1) is 9.60. The van der Waals surface area contributed by atoms with Gasteiger partial charge in [-0.2, -0.15) is 5.26 Å². The maximum Gasteiger partial charge on any atom is 0.335 e. The Morgan fingerprint density at radius 2 is 2.20 bits per heavy atom. The van der Waals surface area contributed by atoms with Crippen LogP contribution in [0.3, 0.4) is 0 Å². The summed E-state index contributed by atoms with van der Waals surface area (Å²) < 4.78 is 5.63. The molecule has 0 unspecified atom stereocenters. The lowest BCUT2D eigenvalue weighted by Gasteiger charge is -2.09. The van der Waals surface area contributed by atoms with Gasteiger partial charge in [0.2, 0.25) is 0 Å². The van der Waals surface area contributed by atoms with Crippen LogP contribution < -0.4 is 4.74 Å². The number of aromatic nitrogens is 1. The zero-order valence-electron chi connectivity index (χ0n) is 10.8. The maximum atomic E-state index is 10.8. The van der Waals surface area contributed by atoms with E-state index in [1.165, 1.54) is 6.07 Å². The number of hydrogen-bond acceptors (Lipinski definition) is 4. The van der Waals surface area contributed by atoms with E-state index in [0.29, 0.717) is 18.1 Å². The van der Waals surface area contributed by atoms with Crippen LogP contribution in [0, 0.1) is 18.3 Å². The Bertz CT molecular complexity index is 690. The monoisotopic (exact) mass is 268 g/mol.